The third-order valence-electron chi connectivity index (χ3n) is 5.24. The number of aliphatic hydroxyl groups excluding tert-OH is 1. The number of carbonyl (C=O) groups excluding carboxylic acids is 1. The minimum Gasteiger partial charge on any atom is -0.491 e. The zero-order valence-corrected chi connectivity index (χ0v) is 18.2. The summed E-state index contributed by atoms with van der Waals surface area (Å²) in [5.41, 5.74) is 2.80. The monoisotopic (exact) mass is 438 g/mol. The van der Waals surface area contributed by atoms with Crippen LogP contribution in [0.3, 0.4) is 0 Å². The number of aliphatic hydroxyl groups is 1. The van der Waals surface area contributed by atoms with Gasteiger partial charge in [0.25, 0.3) is 0 Å². The molecule has 2 N–H and O–H groups in total. The van der Waals surface area contributed by atoms with Gasteiger partial charge in [0.1, 0.15) is 12.4 Å². The van der Waals surface area contributed by atoms with Crippen molar-refractivity contribution in [2.24, 2.45) is 0 Å². The molecule has 0 aliphatic heterocycles. The Balaban J connectivity index is 1.31. The van der Waals surface area contributed by atoms with Crippen LogP contribution in [-0.4, -0.2) is 28.7 Å². The number of carbonyl (C=O) groups is 1. The van der Waals surface area contributed by atoms with E-state index < -0.39 is 6.10 Å². The second kappa shape index (κ2) is 11.1. The summed E-state index contributed by atoms with van der Waals surface area (Å²) in [4.78, 5) is 16.2. The number of rotatable bonds is 9. The fraction of sp³-hybridized carbons (Fsp3) is 0.143. The fourth-order valence-corrected chi connectivity index (χ4v) is 3.47. The summed E-state index contributed by atoms with van der Waals surface area (Å²) in [5, 5.41) is 15.1. The van der Waals surface area contributed by atoms with Crippen molar-refractivity contribution in [3.05, 3.63) is 108 Å². The number of hydrogen-bond donors (Lipinski definition) is 2. The Morgan fingerprint density at radius 1 is 1.00 bits per heavy atom. The van der Waals surface area contributed by atoms with Crippen molar-refractivity contribution in [3.63, 3.8) is 0 Å². The lowest BCUT2D eigenvalue weighted by Gasteiger charge is -2.13. The number of amides is 1. The van der Waals surface area contributed by atoms with Crippen molar-refractivity contribution in [2.75, 3.05) is 11.9 Å². The summed E-state index contributed by atoms with van der Waals surface area (Å²) in [5.74, 6) is 0.542. The van der Waals surface area contributed by atoms with Crippen LogP contribution in [0, 0.1) is 0 Å². The number of nitrogens with one attached hydrogen (secondary N) is 1. The first-order valence-corrected chi connectivity index (χ1v) is 10.9. The Morgan fingerprint density at radius 3 is 2.64 bits per heavy atom. The van der Waals surface area contributed by atoms with Gasteiger partial charge in [0.15, 0.2) is 0 Å². The second-order valence-corrected chi connectivity index (χ2v) is 7.82. The highest BCUT2D eigenvalue weighted by molar-refractivity contribution is 6.02. The normalized spacial score (nSPS) is 12.0. The van der Waals surface area contributed by atoms with E-state index in [9.17, 15) is 9.90 Å². The highest BCUT2D eigenvalue weighted by atomic mass is 16.5. The molecule has 1 unspecified atom stereocenters. The number of hydrogen-bond acceptors (Lipinski definition) is 4. The van der Waals surface area contributed by atoms with Crippen LogP contribution in [0.1, 0.15) is 17.5 Å². The first-order chi connectivity index (χ1) is 16.2. The highest BCUT2D eigenvalue weighted by Gasteiger charge is 2.07. The largest absolute Gasteiger partial charge is 0.491 e. The molecular weight excluding hydrogens is 412 g/mol. The van der Waals surface area contributed by atoms with Gasteiger partial charge in [-0.25, -0.2) is 0 Å². The molecule has 0 aliphatic carbocycles. The van der Waals surface area contributed by atoms with E-state index in [2.05, 4.69) is 10.3 Å². The van der Waals surface area contributed by atoms with Gasteiger partial charge in [-0.3, -0.25) is 9.78 Å². The molecule has 3 aromatic carbocycles. The van der Waals surface area contributed by atoms with Gasteiger partial charge in [-0.2, -0.15) is 0 Å². The predicted molar refractivity (Wildman–Crippen MR) is 132 cm³/mol. The summed E-state index contributed by atoms with van der Waals surface area (Å²) in [7, 11) is 0. The Kier molecular flexibility index (Phi) is 7.46. The second-order valence-electron chi connectivity index (χ2n) is 7.82. The molecule has 1 heterocycles. The first-order valence-electron chi connectivity index (χ1n) is 10.9. The van der Waals surface area contributed by atoms with Crippen molar-refractivity contribution in [1.29, 1.82) is 0 Å². The van der Waals surface area contributed by atoms with E-state index in [1.54, 1.807) is 12.3 Å². The molecule has 33 heavy (non-hydrogen) atoms. The van der Waals surface area contributed by atoms with Crippen LogP contribution >= 0.6 is 0 Å². The molecule has 5 heteroatoms. The zero-order chi connectivity index (χ0) is 22.9. The lowest BCUT2D eigenvalue weighted by molar-refractivity contribution is -0.111. The molecule has 0 fully saturated rings. The number of aryl methyl sites for hydroxylation is 1. The van der Waals surface area contributed by atoms with Crippen LogP contribution in [0.25, 0.3) is 16.8 Å². The molecule has 0 saturated heterocycles. The van der Waals surface area contributed by atoms with E-state index >= 15 is 0 Å². The number of pyridine rings is 1. The smallest absolute Gasteiger partial charge is 0.248 e. The number of benzene rings is 3. The van der Waals surface area contributed by atoms with Gasteiger partial charge >= 0.3 is 0 Å². The summed E-state index contributed by atoms with van der Waals surface area (Å²) >= 11 is 0. The lowest BCUT2D eigenvalue weighted by atomic mass is 10.1. The minimum absolute atomic E-state index is 0.174. The van der Waals surface area contributed by atoms with E-state index in [4.69, 9.17) is 4.74 Å². The Bertz CT molecular complexity index is 1220. The quantitative estimate of drug-likeness (QED) is 0.350. The van der Waals surface area contributed by atoms with Gasteiger partial charge in [-0.15, -0.1) is 0 Å². The molecule has 0 aliphatic rings. The molecule has 1 atom stereocenters. The topological polar surface area (TPSA) is 71.5 Å². The van der Waals surface area contributed by atoms with Gasteiger partial charge in [0.05, 0.1) is 6.10 Å². The van der Waals surface area contributed by atoms with E-state index in [1.807, 2.05) is 85.1 Å². The van der Waals surface area contributed by atoms with Gasteiger partial charge in [0, 0.05) is 24.2 Å². The third kappa shape index (κ3) is 6.76. The molecule has 0 saturated carbocycles. The average molecular weight is 439 g/mol. The van der Waals surface area contributed by atoms with Crippen LogP contribution < -0.4 is 10.1 Å². The summed E-state index contributed by atoms with van der Waals surface area (Å²) < 4.78 is 5.80. The highest BCUT2D eigenvalue weighted by Crippen LogP contribution is 2.23. The Morgan fingerprint density at radius 2 is 1.82 bits per heavy atom. The van der Waals surface area contributed by atoms with Gasteiger partial charge < -0.3 is 15.2 Å². The fourth-order valence-electron chi connectivity index (χ4n) is 3.47. The van der Waals surface area contributed by atoms with Crippen LogP contribution in [0.4, 0.5) is 5.69 Å². The van der Waals surface area contributed by atoms with E-state index in [1.165, 1.54) is 6.08 Å². The van der Waals surface area contributed by atoms with Crippen LogP contribution in [0.15, 0.2) is 97.3 Å². The molecule has 0 spiro atoms. The standard InChI is InChI=1S/C28H26N2O3/c31-26(13-9-22-5-4-16-29-19-22)20-33-27-14-12-23-17-21(8-11-24(23)18-27)10-15-28(32)30-25-6-2-1-3-7-25/h1-8,10-12,14-19,26,31H,9,13,20H2,(H,30,32)/b15-10+. The van der Waals surface area contributed by atoms with E-state index in [0.29, 0.717) is 12.2 Å². The maximum absolute atomic E-state index is 12.1. The molecule has 0 bridgehead atoms. The van der Waals surface area contributed by atoms with Gasteiger partial charge in [-0.1, -0.05) is 42.5 Å². The van der Waals surface area contributed by atoms with E-state index in [0.717, 1.165) is 34.0 Å². The number of aromatic nitrogens is 1. The lowest BCUT2D eigenvalue weighted by Crippen LogP contribution is -2.18. The molecule has 4 rings (SSSR count). The number of para-hydroxylation sites is 1. The van der Waals surface area contributed by atoms with Crippen LogP contribution in [-0.2, 0) is 11.2 Å². The van der Waals surface area contributed by atoms with Crippen molar-refractivity contribution >= 4 is 28.4 Å². The first kappa shape index (κ1) is 22.2. The number of ether oxygens (including phenoxy) is 1. The predicted octanol–water partition coefficient (Wildman–Crippen LogP) is 5.26. The SMILES string of the molecule is O=C(/C=C/c1ccc2cc(OCC(O)CCc3cccnc3)ccc2c1)Nc1ccccc1. The van der Waals surface area contributed by atoms with Crippen molar-refractivity contribution < 1.29 is 14.6 Å². The average Bonchev–Trinajstić information content (AvgIpc) is 2.86. The molecule has 4 aromatic rings. The molecule has 1 amide bonds. The van der Waals surface area contributed by atoms with Gasteiger partial charge in [-0.05, 0) is 77.2 Å². The summed E-state index contributed by atoms with van der Waals surface area (Å²) in [6.07, 6.45) is 7.71. The Labute approximate surface area is 193 Å². The number of anilines is 1. The molecule has 5 nitrogen and oxygen atoms in total. The zero-order valence-electron chi connectivity index (χ0n) is 18.2. The summed E-state index contributed by atoms with van der Waals surface area (Å²) in [6, 6.07) is 25.1. The molecule has 1 aromatic heterocycles. The van der Waals surface area contributed by atoms with Crippen molar-refractivity contribution in [2.45, 2.75) is 18.9 Å². The molecular formula is C28H26N2O3. The van der Waals surface area contributed by atoms with Crippen molar-refractivity contribution in [1.82, 2.24) is 4.98 Å². The maximum Gasteiger partial charge on any atom is 0.248 e. The van der Waals surface area contributed by atoms with E-state index in [-0.39, 0.29) is 12.5 Å². The van der Waals surface area contributed by atoms with Crippen LogP contribution in [0.5, 0.6) is 5.75 Å². The maximum atomic E-state index is 12.1. The van der Waals surface area contributed by atoms with Crippen molar-refractivity contribution in [3.8, 4) is 5.75 Å². The minimum atomic E-state index is -0.546. The molecule has 0 radical (unpaired) electrons. The van der Waals surface area contributed by atoms with Crippen LogP contribution in [0.2, 0.25) is 0 Å². The summed E-state index contributed by atoms with van der Waals surface area (Å²) in [6.45, 7) is 0.239. The van der Waals surface area contributed by atoms with Gasteiger partial charge in [0.2, 0.25) is 5.91 Å². The third-order valence-corrected chi connectivity index (χ3v) is 5.24. The Hall–Kier alpha value is -3.96. The number of fused-ring (bicyclic) bond motifs is 1. The molecule has 166 valence electrons. The number of nitrogens with zero attached hydrogens (tertiary/aromatic N) is 1.